The number of halogens is 1. The van der Waals surface area contributed by atoms with Gasteiger partial charge in [-0.15, -0.1) is 12.4 Å². The molecular formula is C11H22ClNO2. The molecule has 4 heteroatoms. The molecule has 2 fully saturated rings. The summed E-state index contributed by atoms with van der Waals surface area (Å²) < 4.78 is 11.3. The van der Waals surface area contributed by atoms with Gasteiger partial charge in [0.25, 0.3) is 0 Å². The van der Waals surface area contributed by atoms with Crippen LogP contribution in [0.15, 0.2) is 0 Å². The van der Waals surface area contributed by atoms with Crippen molar-refractivity contribution < 1.29 is 9.47 Å². The van der Waals surface area contributed by atoms with E-state index in [0.29, 0.717) is 11.8 Å². The minimum atomic E-state index is -0.101. The Morgan fingerprint density at radius 2 is 1.93 bits per heavy atom. The van der Waals surface area contributed by atoms with Crippen molar-refractivity contribution in [3.05, 3.63) is 0 Å². The molecule has 2 rings (SSSR count). The largest absolute Gasteiger partial charge is 0.381 e. The molecule has 0 amide bonds. The fourth-order valence-corrected chi connectivity index (χ4v) is 2.31. The van der Waals surface area contributed by atoms with E-state index in [9.17, 15) is 0 Å². The molecule has 2 saturated heterocycles. The topological polar surface area (TPSA) is 30.5 Å². The molecular weight excluding hydrogens is 214 g/mol. The van der Waals surface area contributed by atoms with Crippen molar-refractivity contribution in [2.45, 2.75) is 32.4 Å². The molecule has 0 bridgehead atoms. The van der Waals surface area contributed by atoms with Crippen molar-refractivity contribution in [1.29, 1.82) is 0 Å². The van der Waals surface area contributed by atoms with Crippen LogP contribution in [0.25, 0.3) is 0 Å². The maximum Gasteiger partial charge on any atom is 0.119 e. The van der Waals surface area contributed by atoms with Gasteiger partial charge < -0.3 is 9.47 Å². The average molecular weight is 236 g/mol. The Kier molecular flexibility index (Phi) is 4.84. The van der Waals surface area contributed by atoms with Crippen LogP contribution in [-0.2, 0) is 9.47 Å². The van der Waals surface area contributed by atoms with Crippen LogP contribution in [-0.4, -0.2) is 32.1 Å². The summed E-state index contributed by atoms with van der Waals surface area (Å²) >= 11 is 0. The number of nitrogens with one attached hydrogen (secondary N) is 1. The van der Waals surface area contributed by atoms with E-state index in [1.807, 2.05) is 0 Å². The second-order valence-electron chi connectivity index (χ2n) is 4.79. The maximum atomic E-state index is 5.95. The molecule has 3 nitrogen and oxygen atoms in total. The Balaban J connectivity index is 0.00000112. The third-order valence-electron chi connectivity index (χ3n) is 3.47. The lowest BCUT2D eigenvalue weighted by molar-refractivity contribution is -0.153. The predicted molar refractivity (Wildman–Crippen MR) is 62.3 cm³/mol. The van der Waals surface area contributed by atoms with Crippen molar-refractivity contribution in [3.63, 3.8) is 0 Å². The van der Waals surface area contributed by atoms with Gasteiger partial charge in [0.2, 0.25) is 0 Å². The van der Waals surface area contributed by atoms with E-state index in [1.54, 1.807) is 0 Å². The van der Waals surface area contributed by atoms with Gasteiger partial charge in [0.15, 0.2) is 0 Å². The Bertz CT molecular complexity index is 187. The Morgan fingerprint density at radius 3 is 2.47 bits per heavy atom. The van der Waals surface area contributed by atoms with Gasteiger partial charge in [0.05, 0.1) is 6.61 Å². The van der Waals surface area contributed by atoms with Crippen LogP contribution in [0, 0.1) is 11.8 Å². The van der Waals surface area contributed by atoms with Gasteiger partial charge in [0, 0.05) is 25.7 Å². The highest BCUT2D eigenvalue weighted by Crippen LogP contribution is 2.30. The Labute approximate surface area is 98.3 Å². The lowest BCUT2D eigenvalue weighted by Gasteiger charge is -2.44. The van der Waals surface area contributed by atoms with Crippen molar-refractivity contribution >= 4 is 12.4 Å². The fraction of sp³-hybridized carbons (Fsp3) is 1.00. The summed E-state index contributed by atoms with van der Waals surface area (Å²) in [7, 11) is 0. The van der Waals surface area contributed by atoms with Gasteiger partial charge in [-0.1, -0.05) is 6.92 Å². The second-order valence-corrected chi connectivity index (χ2v) is 4.79. The summed E-state index contributed by atoms with van der Waals surface area (Å²) in [5.74, 6) is 1.26. The molecule has 2 unspecified atom stereocenters. The first-order valence-corrected chi connectivity index (χ1v) is 5.67. The van der Waals surface area contributed by atoms with Crippen molar-refractivity contribution in [3.8, 4) is 0 Å². The molecule has 0 aromatic heterocycles. The number of rotatable bonds is 1. The van der Waals surface area contributed by atoms with Crippen LogP contribution >= 0.6 is 12.4 Å². The third-order valence-corrected chi connectivity index (χ3v) is 3.47. The molecule has 15 heavy (non-hydrogen) atoms. The van der Waals surface area contributed by atoms with E-state index in [0.717, 1.165) is 39.2 Å². The number of hydrogen-bond donors (Lipinski definition) is 1. The SMILES string of the molecule is CC1CNC(C)(C2CCOCC2)OC1.Cl. The van der Waals surface area contributed by atoms with Crippen molar-refractivity contribution in [1.82, 2.24) is 5.32 Å². The van der Waals surface area contributed by atoms with Crippen molar-refractivity contribution in [2.75, 3.05) is 26.4 Å². The van der Waals surface area contributed by atoms with E-state index < -0.39 is 0 Å². The summed E-state index contributed by atoms with van der Waals surface area (Å²) in [6.07, 6.45) is 2.25. The fourth-order valence-electron chi connectivity index (χ4n) is 2.31. The summed E-state index contributed by atoms with van der Waals surface area (Å²) in [5.41, 5.74) is -0.101. The molecule has 0 aromatic rings. The van der Waals surface area contributed by atoms with Gasteiger partial charge in [-0.25, -0.2) is 0 Å². The van der Waals surface area contributed by atoms with Crippen LogP contribution < -0.4 is 5.32 Å². The van der Waals surface area contributed by atoms with Crippen LogP contribution in [0.5, 0.6) is 0 Å². The molecule has 0 aromatic carbocycles. The molecule has 0 aliphatic carbocycles. The molecule has 2 heterocycles. The molecule has 1 N–H and O–H groups in total. The quantitative estimate of drug-likeness (QED) is 0.752. The lowest BCUT2D eigenvalue weighted by atomic mass is 9.88. The highest BCUT2D eigenvalue weighted by atomic mass is 35.5. The summed E-state index contributed by atoms with van der Waals surface area (Å²) in [4.78, 5) is 0. The van der Waals surface area contributed by atoms with Gasteiger partial charge in [-0.2, -0.15) is 0 Å². The van der Waals surface area contributed by atoms with Crippen molar-refractivity contribution in [2.24, 2.45) is 11.8 Å². The molecule has 0 saturated carbocycles. The normalized spacial score (nSPS) is 38.4. The first-order chi connectivity index (χ1) is 6.71. The zero-order chi connectivity index (χ0) is 10.0. The van der Waals surface area contributed by atoms with Gasteiger partial charge in [-0.3, -0.25) is 5.32 Å². The first kappa shape index (κ1) is 13.2. The smallest absolute Gasteiger partial charge is 0.119 e. The standard InChI is InChI=1S/C11H21NO2.ClH/c1-9-7-12-11(2,14-8-9)10-3-5-13-6-4-10;/h9-10,12H,3-8H2,1-2H3;1H. The minimum Gasteiger partial charge on any atom is -0.381 e. The first-order valence-electron chi connectivity index (χ1n) is 5.67. The Morgan fingerprint density at radius 1 is 1.27 bits per heavy atom. The third kappa shape index (κ3) is 3.06. The zero-order valence-electron chi connectivity index (χ0n) is 9.62. The highest BCUT2D eigenvalue weighted by Gasteiger charge is 2.38. The average Bonchev–Trinajstić information content (AvgIpc) is 2.24. The molecule has 2 atom stereocenters. The second kappa shape index (κ2) is 5.48. The summed E-state index contributed by atoms with van der Waals surface area (Å²) in [6, 6.07) is 0. The van der Waals surface area contributed by atoms with Gasteiger partial charge in [0.1, 0.15) is 5.72 Å². The monoisotopic (exact) mass is 235 g/mol. The maximum absolute atomic E-state index is 5.95. The minimum absolute atomic E-state index is 0. The number of hydrogen-bond acceptors (Lipinski definition) is 3. The van der Waals surface area contributed by atoms with Crippen LogP contribution in [0.2, 0.25) is 0 Å². The van der Waals surface area contributed by atoms with Crippen LogP contribution in [0.4, 0.5) is 0 Å². The van der Waals surface area contributed by atoms with E-state index in [2.05, 4.69) is 19.2 Å². The van der Waals surface area contributed by atoms with Gasteiger partial charge in [-0.05, 0) is 25.7 Å². The molecule has 0 radical (unpaired) electrons. The van der Waals surface area contributed by atoms with E-state index in [1.165, 1.54) is 0 Å². The van der Waals surface area contributed by atoms with Crippen LogP contribution in [0.1, 0.15) is 26.7 Å². The summed E-state index contributed by atoms with van der Waals surface area (Å²) in [6.45, 7) is 8.15. The summed E-state index contributed by atoms with van der Waals surface area (Å²) in [5, 5.41) is 3.54. The highest BCUT2D eigenvalue weighted by molar-refractivity contribution is 5.85. The zero-order valence-corrected chi connectivity index (χ0v) is 10.4. The predicted octanol–water partition coefficient (Wildman–Crippen LogP) is 1.81. The van der Waals surface area contributed by atoms with E-state index in [4.69, 9.17) is 9.47 Å². The van der Waals surface area contributed by atoms with Gasteiger partial charge >= 0.3 is 0 Å². The Hall–Kier alpha value is 0.170. The molecule has 0 spiro atoms. The molecule has 2 aliphatic rings. The van der Waals surface area contributed by atoms with E-state index in [-0.39, 0.29) is 18.1 Å². The lowest BCUT2D eigenvalue weighted by Crippen LogP contribution is -2.57. The number of ether oxygens (including phenoxy) is 2. The molecule has 2 aliphatic heterocycles. The molecule has 90 valence electrons. The van der Waals surface area contributed by atoms with Crippen LogP contribution in [0.3, 0.4) is 0 Å². The van der Waals surface area contributed by atoms with E-state index >= 15 is 0 Å².